The van der Waals surface area contributed by atoms with E-state index >= 15 is 0 Å². The lowest BCUT2D eigenvalue weighted by molar-refractivity contribution is 0.0692. The van der Waals surface area contributed by atoms with Gasteiger partial charge in [-0.3, -0.25) is 4.98 Å². The van der Waals surface area contributed by atoms with Crippen molar-refractivity contribution in [3.05, 3.63) is 53.3 Å². The van der Waals surface area contributed by atoms with Crippen molar-refractivity contribution < 1.29 is 19.4 Å². The first-order chi connectivity index (χ1) is 10.2. The van der Waals surface area contributed by atoms with E-state index in [9.17, 15) is 4.79 Å². The quantitative estimate of drug-likeness (QED) is 0.795. The number of hydrogen-bond donors (Lipinski definition) is 1. The molecule has 0 aliphatic rings. The fourth-order valence-electron chi connectivity index (χ4n) is 1.63. The summed E-state index contributed by atoms with van der Waals surface area (Å²) in [4.78, 5) is 14.8. The highest BCUT2D eigenvalue weighted by Gasteiger charge is 2.10. The maximum Gasteiger partial charge on any atom is 0.339 e. The normalized spacial score (nSPS) is 10.1. The zero-order chi connectivity index (χ0) is 15.1. The second-order valence-corrected chi connectivity index (χ2v) is 4.62. The van der Waals surface area contributed by atoms with Gasteiger partial charge in [0.25, 0.3) is 0 Å². The molecule has 21 heavy (non-hydrogen) atoms. The van der Waals surface area contributed by atoms with Gasteiger partial charge in [0.1, 0.15) is 11.3 Å². The van der Waals surface area contributed by atoms with Gasteiger partial charge in [0.05, 0.1) is 19.4 Å². The average molecular weight is 308 g/mol. The van der Waals surface area contributed by atoms with Crippen molar-refractivity contribution >= 4 is 17.6 Å². The van der Waals surface area contributed by atoms with Crippen molar-refractivity contribution in [2.24, 2.45) is 0 Å². The predicted octanol–water partition coefficient (Wildman–Crippen LogP) is 3.28. The lowest BCUT2D eigenvalue weighted by Gasteiger charge is -2.09. The van der Waals surface area contributed by atoms with Gasteiger partial charge < -0.3 is 14.6 Å². The Bertz CT molecular complexity index is 601. The molecule has 1 N–H and O–H groups in total. The van der Waals surface area contributed by atoms with Crippen LogP contribution >= 0.6 is 11.6 Å². The number of aromatic carboxylic acids is 1. The van der Waals surface area contributed by atoms with E-state index in [0.717, 1.165) is 5.75 Å². The molecule has 1 aromatic carbocycles. The highest BCUT2D eigenvalue weighted by Crippen LogP contribution is 2.17. The van der Waals surface area contributed by atoms with Crippen LogP contribution < -0.4 is 9.47 Å². The lowest BCUT2D eigenvalue weighted by atomic mass is 10.2. The van der Waals surface area contributed by atoms with E-state index in [1.54, 1.807) is 24.3 Å². The van der Waals surface area contributed by atoms with Gasteiger partial charge in [-0.25, -0.2) is 4.79 Å². The van der Waals surface area contributed by atoms with E-state index in [-0.39, 0.29) is 11.3 Å². The Balaban J connectivity index is 1.75. The summed E-state index contributed by atoms with van der Waals surface area (Å²) in [5.74, 6) is -0.0479. The maximum atomic E-state index is 11.0. The summed E-state index contributed by atoms with van der Waals surface area (Å²) >= 11 is 5.77. The van der Waals surface area contributed by atoms with Crippen molar-refractivity contribution in [3.8, 4) is 11.5 Å². The molecule has 0 bridgehead atoms. The minimum absolute atomic E-state index is 0.101. The molecule has 110 valence electrons. The van der Waals surface area contributed by atoms with Crippen molar-refractivity contribution in [1.29, 1.82) is 0 Å². The molecular weight excluding hydrogens is 294 g/mol. The Morgan fingerprint density at radius 3 is 2.57 bits per heavy atom. The molecule has 0 atom stereocenters. The number of pyridine rings is 1. The van der Waals surface area contributed by atoms with Crippen LogP contribution in [0.1, 0.15) is 16.8 Å². The molecule has 1 aromatic heterocycles. The van der Waals surface area contributed by atoms with Crippen molar-refractivity contribution in [2.45, 2.75) is 6.42 Å². The third-order valence-electron chi connectivity index (χ3n) is 2.64. The second kappa shape index (κ2) is 7.50. The molecule has 6 heteroatoms. The Morgan fingerprint density at radius 1 is 1.14 bits per heavy atom. The van der Waals surface area contributed by atoms with E-state index < -0.39 is 5.97 Å². The first-order valence-electron chi connectivity index (χ1n) is 6.35. The minimum atomic E-state index is -1.04. The Labute approximate surface area is 127 Å². The molecule has 0 spiro atoms. The minimum Gasteiger partial charge on any atom is -0.493 e. The van der Waals surface area contributed by atoms with Crippen LogP contribution in [-0.2, 0) is 0 Å². The standard InChI is InChI=1S/C15H14ClNO4/c16-11-2-4-12(5-3-11)20-8-1-9-21-14-10-17-7-6-13(14)15(18)19/h2-7,10H,1,8-9H2,(H,18,19). The number of benzene rings is 1. The number of ether oxygens (including phenoxy) is 2. The van der Waals surface area contributed by atoms with Gasteiger partial charge in [-0.15, -0.1) is 0 Å². The van der Waals surface area contributed by atoms with Crippen LogP contribution in [0.5, 0.6) is 11.5 Å². The first kappa shape index (κ1) is 15.1. The summed E-state index contributed by atoms with van der Waals surface area (Å²) in [5.41, 5.74) is 0.101. The van der Waals surface area contributed by atoms with E-state index in [0.29, 0.717) is 24.7 Å². The van der Waals surface area contributed by atoms with Gasteiger partial charge in [-0.2, -0.15) is 0 Å². The Kier molecular flexibility index (Phi) is 5.40. The highest BCUT2D eigenvalue weighted by atomic mass is 35.5. The molecule has 2 rings (SSSR count). The van der Waals surface area contributed by atoms with E-state index in [1.165, 1.54) is 18.5 Å². The summed E-state index contributed by atoms with van der Waals surface area (Å²) in [6, 6.07) is 8.48. The summed E-state index contributed by atoms with van der Waals surface area (Å²) in [6.45, 7) is 0.809. The second-order valence-electron chi connectivity index (χ2n) is 4.18. The molecule has 0 radical (unpaired) electrons. The van der Waals surface area contributed by atoms with Crippen LogP contribution in [0.15, 0.2) is 42.7 Å². The maximum absolute atomic E-state index is 11.0. The molecule has 5 nitrogen and oxygen atoms in total. The summed E-state index contributed by atoms with van der Waals surface area (Å²) in [7, 11) is 0. The van der Waals surface area contributed by atoms with Gasteiger partial charge in [-0.05, 0) is 30.3 Å². The van der Waals surface area contributed by atoms with Crippen LogP contribution in [0.25, 0.3) is 0 Å². The number of carboxylic acid groups (broad SMARTS) is 1. The van der Waals surface area contributed by atoms with Crippen molar-refractivity contribution in [3.63, 3.8) is 0 Å². The summed E-state index contributed by atoms with van der Waals surface area (Å²) < 4.78 is 10.9. The summed E-state index contributed by atoms with van der Waals surface area (Å²) in [5, 5.41) is 9.65. The van der Waals surface area contributed by atoms with Crippen LogP contribution in [-0.4, -0.2) is 29.3 Å². The zero-order valence-corrected chi connectivity index (χ0v) is 11.9. The molecule has 0 aliphatic carbocycles. The molecule has 0 unspecified atom stereocenters. The van der Waals surface area contributed by atoms with Crippen molar-refractivity contribution in [1.82, 2.24) is 4.98 Å². The van der Waals surface area contributed by atoms with Crippen LogP contribution in [0, 0.1) is 0 Å². The fourth-order valence-corrected chi connectivity index (χ4v) is 1.76. The number of halogens is 1. The number of aromatic nitrogens is 1. The molecule has 2 aromatic rings. The van der Waals surface area contributed by atoms with Gasteiger partial charge in [0.15, 0.2) is 5.75 Å². The van der Waals surface area contributed by atoms with Crippen LogP contribution in [0.2, 0.25) is 5.02 Å². The Hall–Kier alpha value is -2.27. The van der Waals surface area contributed by atoms with E-state index in [1.807, 2.05) is 0 Å². The van der Waals surface area contributed by atoms with E-state index in [4.69, 9.17) is 26.2 Å². The predicted molar refractivity (Wildman–Crippen MR) is 78.3 cm³/mol. The average Bonchev–Trinajstić information content (AvgIpc) is 2.49. The number of nitrogens with zero attached hydrogens (tertiary/aromatic N) is 1. The van der Waals surface area contributed by atoms with Crippen LogP contribution in [0.3, 0.4) is 0 Å². The number of hydrogen-bond acceptors (Lipinski definition) is 4. The zero-order valence-electron chi connectivity index (χ0n) is 11.2. The highest BCUT2D eigenvalue weighted by molar-refractivity contribution is 6.30. The number of carboxylic acids is 1. The monoisotopic (exact) mass is 307 g/mol. The molecular formula is C15H14ClNO4. The summed E-state index contributed by atoms with van der Waals surface area (Å²) in [6.07, 6.45) is 3.43. The molecule has 0 fully saturated rings. The lowest BCUT2D eigenvalue weighted by Crippen LogP contribution is -2.08. The molecule has 0 aliphatic heterocycles. The Morgan fingerprint density at radius 2 is 1.86 bits per heavy atom. The third kappa shape index (κ3) is 4.65. The van der Waals surface area contributed by atoms with Gasteiger partial charge in [0.2, 0.25) is 0 Å². The van der Waals surface area contributed by atoms with Gasteiger partial charge >= 0.3 is 5.97 Å². The largest absolute Gasteiger partial charge is 0.493 e. The molecule has 1 heterocycles. The fraction of sp³-hybridized carbons (Fsp3) is 0.200. The first-order valence-corrected chi connectivity index (χ1v) is 6.73. The van der Waals surface area contributed by atoms with Crippen molar-refractivity contribution in [2.75, 3.05) is 13.2 Å². The van der Waals surface area contributed by atoms with Gasteiger partial charge in [0, 0.05) is 17.6 Å². The van der Waals surface area contributed by atoms with Gasteiger partial charge in [-0.1, -0.05) is 11.6 Å². The molecule has 0 saturated heterocycles. The number of rotatable bonds is 7. The molecule has 0 saturated carbocycles. The van der Waals surface area contributed by atoms with E-state index in [2.05, 4.69) is 4.98 Å². The smallest absolute Gasteiger partial charge is 0.339 e. The molecule has 0 amide bonds. The number of carbonyl (C=O) groups is 1. The topological polar surface area (TPSA) is 68.7 Å². The van der Waals surface area contributed by atoms with Crippen LogP contribution in [0.4, 0.5) is 0 Å². The SMILES string of the molecule is O=C(O)c1ccncc1OCCCOc1ccc(Cl)cc1. The third-order valence-corrected chi connectivity index (χ3v) is 2.90.